The molecule has 5 aliphatic heterocycles. The van der Waals surface area contributed by atoms with Crippen LogP contribution in [-0.4, -0.2) is 308 Å². The third-order valence-corrected chi connectivity index (χ3v) is 21.2. The Morgan fingerprint density at radius 1 is 0.661 bits per heavy atom. The fraction of sp³-hybridized carbons (Fsp3) is 0.583. The first kappa shape index (κ1) is 94.8. The minimum atomic E-state index is -1.98. The zero-order chi connectivity index (χ0) is 86.9. The molecule has 0 spiro atoms. The summed E-state index contributed by atoms with van der Waals surface area (Å²) in [6.45, 7) is 12.7. The number of methoxy groups -OCH3 is 1. The Kier molecular flexibility index (Phi) is 37.6. The van der Waals surface area contributed by atoms with Crippen molar-refractivity contribution in [3.63, 3.8) is 0 Å². The highest BCUT2D eigenvalue weighted by molar-refractivity contribution is 6.13. The van der Waals surface area contributed by atoms with E-state index in [9.17, 15) is 62.6 Å². The van der Waals surface area contributed by atoms with Gasteiger partial charge in [-0.3, -0.25) is 68.0 Å². The molecule has 5 aliphatic rings. The number of piperidine rings is 1. The molecule has 2 atom stereocenters. The number of pyridine rings is 2. The molecule has 6 N–H and O–H groups in total. The summed E-state index contributed by atoms with van der Waals surface area (Å²) in [5.74, 6) is -5.73. The van der Waals surface area contributed by atoms with E-state index in [0.717, 1.165) is 93.1 Å². The normalized spacial score (nSPS) is 16.1. The van der Waals surface area contributed by atoms with Crippen molar-refractivity contribution in [2.75, 3.05) is 191 Å². The van der Waals surface area contributed by atoms with Gasteiger partial charge in [0.25, 0.3) is 29.2 Å². The van der Waals surface area contributed by atoms with E-state index in [1.807, 2.05) is 38.1 Å². The lowest BCUT2D eigenvalue weighted by Crippen LogP contribution is -2.53. The number of aromatic nitrogens is 2. The van der Waals surface area contributed by atoms with Gasteiger partial charge in [0.05, 0.1) is 155 Å². The van der Waals surface area contributed by atoms with Crippen LogP contribution in [0.4, 0.5) is 14.9 Å². The number of fused-ring (bicyclic) bond motifs is 5. The molecule has 36 nitrogen and oxygen atoms in total. The monoisotopic (exact) mass is 1700 g/mol. The van der Waals surface area contributed by atoms with Crippen molar-refractivity contribution < 1.29 is 119 Å². The smallest absolute Gasteiger partial charge is 0.411 e. The Morgan fingerprint density at radius 3 is 1.76 bits per heavy atom. The van der Waals surface area contributed by atoms with Gasteiger partial charge in [-0.25, -0.2) is 19.0 Å². The number of amides is 10. The van der Waals surface area contributed by atoms with E-state index >= 15 is 4.39 Å². The molecule has 0 radical (unpaired) electrons. The lowest BCUT2D eigenvalue weighted by molar-refractivity contribution is -0.929. The molecule has 2 aromatic heterocycles. The first-order valence-electron chi connectivity index (χ1n) is 41.3. The number of cyclic esters (lactones) is 1. The fourth-order valence-electron chi connectivity index (χ4n) is 14.6. The van der Waals surface area contributed by atoms with E-state index in [4.69, 9.17) is 57.1 Å². The van der Waals surface area contributed by atoms with Gasteiger partial charge >= 0.3 is 12.1 Å². The summed E-state index contributed by atoms with van der Waals surface area (Å²) in [6, 6.07) is 11.7. The molecule has 7 heterocycles. The Bertz CT molecular complexity index is 4280. The Labute approximate surface area is 702 Å². The third-order valence-electron chi connectivity index (χ3n) is 21.2. The number of nitrogens with one attached hydrogen (secondary N) is 5. The molecule has 37 heteroatoms. The molecule has 0 unspecified atom stereocenters. The summed E-state index contributed by atoms with van der Waals surface area (Å²) in [7, 11) is 5.87. The topological polar surface area (TPSA) is 418 Å². The highest BCUT2D eigenvalue weighted by Gasteiger charge is 2.46. The Morgan fingerprint density at radius 2 is 1.21 bits per heavy atom. The van der Waals surface area contributed by atoms with Gasteiger partial charge in [0, 0.05) is 155 Å². The maximum atomic E-state index is 15.3. The maximum absolute atomic E-state index is 15.3. The second kappa shape index (κ2) is 48.0. The summed E-state index contributed by atoms with van der Waals surface area (Å²) >= 11 is 0. The van der Waals surface area contributed by atoms with E-state index < -0.39 is 70.9 Å². The minimum Gasteiger partial charge on any atom is -0.494 e. The first-order valence-corrected chi connectivity index (χ1v) is 41.3. The number of anilines is 1. The van der Waals surface area contributed by atoms with E-state index in [0.29, 0.717) is 134 Å². The Balaban J connectivity index is 0.534. The number of carbonyl (C=O) groups excluding carboxylic acids is 11. The van der Waals surface area contributed by atoms with Crippen molar-refractivity contribution in [2.45, 2.75) is 135 Å². The van der Waals surface area contributed by atoms with Crippen molar-refractivity contribution >= 4 is 81.8 Å². The summed E-state index contributed by atoms with van der Waals surface area (Å²) in [5, 5.41) is 25.9. The molecule has 1 fully saturated rings. The summed E-state index contributed by atoms with van der Waals surface area (Å²) in [4.78, 5) is 163. The number of ether oxygens (including phenoxy) is 11. The number of carbonyl (C=O) groups is 11. The number of aliphatic hydroxyl groups is 1. The molecule has 0 bridgehead atoms. The van der Waals surface area contributed by atoms with Crippen molar-refractivity contribution in [2.24, 2.45) is 0 Å². The van der Waals surface area contributed by atoms with Gasteiger partial charge in [-0.1, -0.05) is 19.1 Å². The molecule has 4 aromatic rings. The number of imide groups is 2. The predicted molar refractivity (Wildman–Crippen MR) is 435 cm³/mol. The fourth-order valence-corrected chi connectivity index (χ4v) is 14.6. The lowest BCUT2D eigenvalue weighted by atomic mass is 9.86. The molecule has 662 valence electrons. The molecular formula is C84H116FN12O24+. The number of rotatable bonds is 55. The van der Waals surface area contributed by atoms with Crippen LogP contribution >= 0.6 is 0 Å². The average Bonchev–Trinajstić information content (AvgIpc) is 1.59. The average molecular weight is 1700 g/mol. The second-order valence-electron chi connectivity index (χ2n) is 30.6. The van der Waals surface area contributed by atoms with Crippen LogP contribution in [0.2, 0.25) is 0 Å². The zero-order valence-corrected chi connectivity index (χ0v) is 70.0. The predicted octanol–water partition coefficient (Wildman–Crippen LogP) is 2.80. The van der Waals surface area contributed by atoms with Gasteiger partial charge in [-0.2, -0.15) is 0 Å². The highest BCUT2D eigenvalue weighted by atomic mass is 19.1. The molecule has 9 rings (SSSR count). The van der Waals surface area contributed by atoms with E-state index in [2.05, 4.69) is 45.6 Å². The summed E-state index contributed by atoms with van der Waals surface area (Å²) in [6.07, 6.45) is 6.50. The van der Waals surface area contributed by atoms with Gasteiger partial charge in [0.15, 0.2) is 17.2 Å². The van der Waals surface area contributed by atoms with Gasteiger partial charge < -0.3 is 92.4 Å². The van der Waals surface area contributed by atoms with Gasteiger partial charge in [0.2, 0.25) is 29.5 Å². The van der Waals surface area contributed by atoms with Crippen LogP contribution in [-0.2, 0) is 127 Å². The number of quaternary nitrogens is 1. The number of benzene rings is 2. The molecule has 0 saturated carbocycles. The molecule has 1 saturated heterocycles. The standard InChI is InChI=1S/C84H115FN12O24/c1-7-84(110)65-50-69-79-63(53-96(69)81(107)64(65)55-121-82(84)108)62(61-49-70(111-6)66(85)51-68(61)91-79)52-92-27-23-60(24-28-92)97(4,5)54-58-13-15-59(16-14-58)89-83(109)120-48-47-118-44-43-116-40-39-114-36-35-112-33-34-113-37-38-115-41-42-117-45-46-119-56-73(100)86-25-9-8-11-67(80(106)87-26-10-12-71(98)88-57(2)3)90-72(99)17-18-74(101)93(29-31-94-75(102)19-20-76(94)103)30-32-95-77(104)21-22-78(95)105/h13-16,19-22,49-51,57,60,67,110H,7-12,17-18,23-48,52-56H2,1-6H3,(H4-,86,87,88,89,90,98,99,100,106,109)/p+1/t67-,84-/m0/s1. The number of unbranched alkanes of at least 4 members (excludes halogenated alkanes) is 1. The van der Waals surface area contributed by atoms with Crippen molar-refractivity contribution in [1.29, 1.82) is 0 Å². The van der Waals surface area contributed by atoms with Crippen LogP contribution in [0.25, 0.3) is 22.3 Å². The minimum absolute atomic E-state index is 0.0138. The lowest BCUT2D eigenvalue weighted by Gasteiger charge is -2.43. The van der Waals surface area contributed by atoms with Crippen LogP contribution in [0.3, 0.4) is 0 Å². The molecule has 2 aromatic carbocycles. The number of likely N-dealkylation sites (tertiary alicyclic amines) is 1. The van der Waals surface area contributed by atoms with Crippen LogP contribution in [0.5, 0.6) is 5.75 Å². The summed E-state index contributed by atoms with van der Waals surface area (Å²) in [5.41, 5.74) is 2.91. The van der Waals surface area contributed by atoms with Crippen molar-refractivity contribution in [1.82, 2.24) is 50.4 Å². The second-order valence-corrected chi connectivity index (χ2v) is 30.6. The number of hydrogen-bond acceptors (Lipinski definition) is 26. The highest BCUT2D eigenvalue weighted by Crippen LogP contribution is 2.42. The van der Waals surface area contributed by atoms with Crippen LogP contribution in [0, 0.1) is 5.82 Å². The zero-order valence-electron chi connectivity index (χ0n) is 70.0. The Hall–Kier alpha value is -10.1. The van der Waals surface area contributed by atoms with E-state index in [1.54, 1.807) is 23.6 Å². The van der Waals surface area contributed by atoms with Gasteiger partial charge in [-0.05, 0) is 75.8 Å². The van der Waals surface area contributed by atoms with Crippen LogP contribution in [0.15, 0.2) is 71.6 Å². The quantitative estimate of drug-likeness (QED) is 0.0141. The third kappa shape index (κ3) is 28.5. The molecule has 0 aliphatic carbocycles. The van der Waals surface area contributed by atoms with Gasteiger partial charge in [-0.15, -0.1) is 0 Å². The van der Waals surface area contributed by atoms with Crippen LogP contribution in [0.1, 0.15) is 113 Å². The van der Waals surface area contributed by atoms with Crippen molar-refractivity contribution in [3.05, 3.63) is 111 Å². The number of hydrogen-bond donors (Lipinski definition) is 6. The largest absolute Gasteiger partial charge is 0.494 e. The van der Waals surface area contributed by atoms with E-state index in [-0.39, 0.29) is 158 Å². The van der Waals surface area contributed by atoms with E-state index in [1.165, 1.54) is 18.1 Å². The number of nitrogens with zero attached hydrogens (tertiary/aromatic N) is 7. The summed E-state index contributed by atoms with van der Waals surface area (Å²) < 4.78 is 78.0. The first-order chi connectivity index (χ1) is 58.3. The number of esters is 1. The van der Waals surface area contributed by atoms with Crippen molar-refractivity contribution in [3.8, 4) is 17.1 Å². The SMILES string of the molecule is CC[C@@]1(O)C(=O)OCc2c1cc1n(c2=O)Cc2c-1nc1cc(F)c(OC)cc1c2CN1CCC([N+](C)(C)Cc2ccc(NC(=O)OCCOCCOCCOCCOCCOCCOCCOCCOCC(=O)NCCCC[C@H](NC(=O)CCC(=O)N(CCN3C(=O)C=CC3=O)CCN3C(=O)C=CC3=O)C(=O)NCCCC(=O)NC(C)C)cc2)CC1. The molecule has 121 heavy (non-hydrogen) atoms. The maximum Gasteiger partial charge on any atom is 0.411 e. The molecule has 10 amide bonds. The van der Waals surface area contributed by atoms with Gasteiger partial charge in [0.1, 0.15) is 32.4 Å². The van der Waals surface area contributed by atoms with Crippen LogP contribution < -0.4 is 36.9 Å². The molecular weight excluding hydrogens is 1580 g/mol. The number of halogens is 1.